The van der Waals surface area contributed by atoms with Crippen molar-refractivity contribution in [2.24, 2.45) is 17.6 Å². The number of rotatable bonds is 2. The molecule has 0 radical (unpaired) electrons. The van der Waals surface area contributed by atoms with Gasteiger partial charge in [0.15, 0.2) is 0 Å². The summed E-state index contributed by atoms with van der Waals surface area (Å²) in [6.45, 7) is 4.51. The van der Waals surface area contributed by atoms with Gasteiger partial charge in [0.05, 0.1) is 0 Å². The standard InChI is InChI=1S/C6H11N/c1-2-5-3-6(5)4-7/h2,5-6H,1,3-4,7H2/t5-,6+/m1/s1. The molecule has 1 fully saturated rings. The van der Waals surface area contributed by atoms with Crippen molar-refractivity contribution in [2.45, 2.75) is 6.42 Å². The van der Waals surface area contributed by atoms with Crippen LogP contribution >= 0.6 is 0 Å². The van der Waals surface area contributed by atoms with Crippen molar-refractivity contribution in [3.63, 3.8) is 0 Å². The van der Waals surface area contributed by atoms with Crippen LogP contribution < -0.4 is 5.73 Å². The molecule has 0 spiro atoms. The van der Waals surface area contributed by atoms with E-state index >= 15 is 0 Å². The highest BCUT2D eigenvalue weighted by molar-refractivity contribution is 4.97. The molecule has 2 N–H and O–H groups in total. The van der Waals surface area contributed by atoms with Crippen LogP contribution in [0.25, 0.3) is 0 Å². The third kappa shape index (κ3) is 0.829. The molecule has 1 rings (SSSR count). The van der Waals surface area contributed by atoms with E-state index in [1.54, 1.807) is 0 Å². The first-order valence-electron chi connectivity index (χ1n) is 2.71. The van der Waals surface area contributed by atoms with Crippen LogP contribution in [0.3, 0.4) is 0 Å². The van der Waals surface area contributed by atoms with E-state index in [1.807, 2.05) is 6.08 Å². The lowest BCUT2D eigenvalue weighted by molar-refractivity contribution is 0.799. The summed E-state index contributed by atoms with van der Waals surface area (Å²) in [6.07, 6.45) is 3.28. The first-order valence-corrected chi connectivity index (χ1v) is 2.71. The van der Waals surface area contributed by atoms with E-state index in [0.717, 1.165) is 18.4 Å². The molecule has 1 saturated carbocycles. The largest absolute Gasteiger partial charge is 0.330 e. The van der Waals surface area contributed by atoms with Crippen LogP contribution in [0.2, 0.25) is 0 Å². The molecule has 0 saturated heterocycles. The number of hydrogen-bond donors (Lipinski definition) is 1. The van der Waals surface area contributed by atoms with Gasteiger partial charge in [-0.05, 0) is 24.8 Å². The van der Waals surface area contributed by atoms with Crippen molar-refractivity contribution in [1.82, 2.24) is 0 Å². The maximum atomic E-state index is 5.35. The Labute approximate surface area is 44.2 Å². The monoisotopic (exact) mass is 97.1 g/mol. The second-order valence-electron chi connectivity index (χ2n) is 2.13. The Hall–Kier alpha value is -0.300. The molecule has 0 aromatic heterocycles. The second-order valence-corrected chi connectivity index (χ2v) is 2.13. The molecule has 40 valence electrons. The molecule has 0 bridgehead atoms. The smallest absolute Gasteiger partial charge is 0.00430 e. The summed E-state index contributed by atoms with van der Waals surface area (Å²) in [7, 11) is 0. The van der Waals surface area contributed by atoms with Crippen molar-refractivity contribution < 1.29 is 0 Å². The molecular formula is C6H11N. The highest BCUT2D eigenvalue weighted by atomic mass is 14.6. The molecular weight excluding hydrogens is 86.1 g/mol. The zero-order chi connectivity index (χ0) is 5.28. The molecule has 2 atom stereocenters. The quantitative estimate of drug-likeness (QED) is 0.506. The number of hydrogen-bond acceptors (Lipinski definition) is 1. The molecule has 1 aliphatic rings. The van der Waals surface area contributed by atoms with E-state index in [-0.39, 0.29) is 0 Å². The van der Waals surface area contributed by atoms with Gasteiger partial charge >= 0.3 is 0 Å². The molecule has 1 aliphatic carbocycles. The average Bonchev–Trinajstić information content (AvgIpc) is 2.43. The summed E-state index contributed by atoms with van der Waals surface area (Å²) in [4.78, 5) is 0. The van der Waals surface area contributed by atoms with Gasteiger partial charge < -0.3 is 5.73 Å². The van der Waals surface area contributed by atoms with E-state index in [4.69, 9.17) is 5.73 Å². The first kappa shape index (κ1) is 4.85. The van der Waals surface area contributed by atoms with E-state index in [1.165, 1.54) is 6.42 Å². The van der Waals surface area contributed by atoms with Crippen LogP contribution in [0.1, 0.15) is 6.42 Å². The summed E-state index contributed by atoms with van der Waals surface area (Å²) in [6, 6.07) is 0. The number of allylic oxidation sites excluding steroid dienone is 1. The zero-order valence-electron chi connectivity index (χ0n) is 4.43. The Morgan fingerprint density at radius 3 is 2.71 bits per heavy atom. The second kappa shape index (κ2) is 1.66. The topological polar surface area (TPSA) is 26.0 Å². The molecule has 0 amide bonds. The maximum Gasteiger partial charge on any atom is -0.00430 e. The number of nitrogens with two attached hydrogens (primary N) is 1. The van der Waals surface area contributed by atoms with Gasteiger partial charge in [0.1, 0.15) is 0 Å². The van der Waals surface area contributed by atoms with Gasteiger partial charge in [-0.25, -0.2) is 0 Å². The fourth-order valence-electron chi connectivity index (χ4n) is 0.831. The van der Waals surface area contributed by atoms with Crippen molar-refractivity contribution in [3.8, 4) is 0 Å². The molecule has 0 aromatic carbocycles. The lowest BCUT2D eigenvalue weighted by atomic mass is 10.3. The van der Waals surface area contributed by atoms with Crippen LogP contribution in [0.5, 0.6) is 0 Å². The van der Waals surface area contributed by atoms with Gasteiger partial charge in [0, 0.05) is 0 Å². The summed E-state index contributed by atoms with van der Waals surface area (Å²) >= 11 is 0. The summed E-state index contributed by atoms with van der Waals surface area (Å²) in [5.74, 6) is 1.53. The Balaban J connectivity index is 2.17. The highest BCUT2D eigenvalue weighted by Crippen LogP contribution is 2.37. The molecule has 1 nitrogen and oxygen atoms in total. The summed E-state index contributed by atoms with van der Waals surface area (Å²) in [5, 5.41) is 0. The highest BCUT2D eigenvalue weighted by Gasteiger charge is 2.32. The molecule has 1 heteroatoms. The van der Waals surface area contributed by atoms with Crippen molar-refractivity contribution in [3.05, 3.63) is 12.7 Å². The fourth-order valence-corrected chi connectivity index (χ4v) is 0.831. The van der Waals surface area contributed by atoms with Gasteiger partial charge in [-0.2, -0.15) is 0 Å². The summed E-state index contributed by atoms with van der Waals surface area (Å²) in [5.41, 5.74) is 5.35. The van der Waals surface area contributed by atoms with Crippen LogP contribution in [0, 0.1) is 11.8 Å². The predicted molar refractivity (Wildman–Crippen MR) is 30.8 cm³/mol. The van der Waals surface area contributed by atoms with Crippen LogP contribution in [0.15, 0.2) is 12.7 Å². The third-order valence-electron chi connectivity index (χ3n) is 1.58. The fraction of sp³-hybridized carbons (Fsp3) is 0.667. The Kier molecular flexibility index (Phi) is 1.15. The van der Waals surface area contributed by atoms with Crippen molar-refractivity contribution in [1.29, 1.82) is 0 Å². The first-order chi connectivity index (χ1) is 3.38. The summed E-state index contributed by atoms with van der Waals surface area (Å²) < 4.78 is 0. The van der Waals surface area contributed by atoms with Gasteiger partial charge in [-0.15, -0.1) is 6.58 Å². The molecule has 0 aromatic rings. The van der Waals surface area contributed by atoms with E-state index in [0.29, 0.717) is 0 Å². The Bertz CT molecular complexity index is 78.2. The van der Waals surface area contributed by atoms with Crippen molar-refractivity contribution >= 4 is 0 Å². The van der Waals surface area contributed by atoms with Gasteiger partial charge in [-0.1, -0.05) is 6.08 Å². The molecule has 0 heterocycles. The molecule has 0 unspecified atom stereocenters. The Morgan fingerprint density at radius 1 is 1.86 bits per heavy atom. The normalized spacial score (nSPS) is 37.9. The Morgan fingerprint density at radius 2 is 2.57 bits per heavy atom. The van der Waals surface area contributed by atoms with Gasteiger partial charge in [-0.3, -0.25) is 0 Å². The minimum atomic E-state index is 0.755. The van der Waals surface area contributed by atoms with E-state index in [2.05, 4.69) is 6.58 Å². The molecule has 7 heavy (non-hydrogen) atoms. The van der Waals surface area contributed by atoms with E-state index < -0.39 is 0 Å². The van der Waals surface area contributed by atoms with E-state index in [9.17, 15) is 0 Å². The lowest BCUT2D eigenvalue weighted by Crippen LogP contribution is -2.01. The van der Waals surface area contributed by atoms with Crippen LogP contribution in [0.4, 0.5) is 0 Å². The van der Waals surface area contributed by atoms with Crippen molar-refractivity contribution in [2.75, 3.05) is 6.54 Å². The maximum absolute atomic E-state index is 5.35. The minimum absolute atomic E-state index is 0.755. The molecule has 0 aliphatic heterocycles. The SMILES string of the molecule is C=C[C@@H]1C[C@H]1CN. The lowest BCUT2D eigenvalue weighted by Gasteiger charge is -1.82. The predicted octanol–water partition coefficient (Wildman–Crippen LogP) is 0.767. The third-order valence-corrected chi connectivity index (χ3v) is 1.58. The van der Waals surface area contributed by atoms with Gasteiger partial charge in [0.2, 0.25) is 0 Å². The average molecular weight is 97.2 g/mol. The van der Waals surface area contributed by atoms with Crippen LogP contribution in [-0.2, 0) is 0 Å². The van der Waals surface area contributed by atoms with Crippen LogP contribution in [-0.4, -0.2) is 6.54 Å². The zero-order valence-corrected chi connectivity index (χ0v) is 4.43. The van der Waals surface area contributed by atoms with Gasteiger partial charge in [0.25, 0.3) is 0 Å². The minimum Gasteiger partial charge on any atom is -0.330 e.